The predicted molar refractivity (Wildman–Crippen MR) is 101 cm³/mol. The van der Waals surface area contributed by atoms with Crippen molar-refractivity contribution in [2.75, 3.05) is 25.7 Å². The number of benzene rings is 1. The van der Waals surface area contributed by atoms with Gasteiger partial charge in [0.15, 0.2) is 0 Å². The Kier molecular flexibility index (Phi) is 5.87. The van der Waals surface area contributed by atoms with E-state index < -0.39 is 10.0 Å². The summed E-state index contributed by atoms with van der Waals surface area (Å²) in [6, 6.07) is 6.48. The molecule has 25 heavy (non-hydrogen) atoms. The van der Waals surface area contributed by atoms with Gasteiger partial charge in [0.25, 0.3) is 5.91 Å². The van der Waals surface area contributed by atoms with Gasteiger partial charge in [0.05, 0.1) is 10.5 Å². The van der Waals surface area contributed by atoms with Gasteiger partial charge in [-0.2, -0.15) is 0 Å². The van der Waals surface area contributed by atoms with Crippen molar-refractivity contribution in [2.24, 2.45) is 0 Å². The normalized spacial score (nSPS) is 11.6. The number of carbonyl (C=O) groups excluding carboxylic acids is 1. The number of nitrogens with zero attached hydrogens (tertiary/aromatic N) is 2. The van der Waals surface area contributed by atoms with Gasteiger partial charge in [-0.15, -0.1) is 11.8 Å². The van der Waals surface area contributed by atoms with Crippen molar-refractivity contribution in [3.05, 3.63) is 47.2 Å². The van der Waals surface area contributed by atoms with Gasteiger partial charge in [-0.1, -0.05) is 0 Å². The number of thioether (sulfide) groups is 1. The van der Waals surface area contributed by atoms with Crippen LogP contribution in [0.15, 0.2) is 40.4 Å². The smallest absolute Gasteiger partial charge is 0.258 e. The van der Waals surface area contributed by atoms with Gasteiger partial charge in [-0.3, -0.25) is 4.79 Å². The van der Waals surface area contributed by atoms with Crippen LogP contribution in [0.25, 0.3) is 0 Å². The molecule has 0 bridgehead atoms. The third-order valence-electron chi connectivity index (χ3n) is 3.88. The minimum absolute atomic E-state index is 0.146. The molecular weight excluding hydrogens is 358 g/mol. The van der Waals surface area contributed by atoms with Crippen LogP contribution in [0.5, 0.6) is 0 Å². The fourth-order valence-corrected chi connectivity index (χ4v) is 3.79. The van der Waals surface area contributed by atoms with Crippen LogP contribution in [0.3, 0.4) is 0 Å². The van der Waals surface area contributed by atoms with Crippen LogP contribution in [-0.4, -0.2) is 44.0 Å². The first-order valence-corrected chi connectivity index (χ1v) is 10.2. The second-order valence-corrected chi connectivity index (χ2v) is 8.66. The average Bonchev–Trinajstić information content (AvgIpc) is 2.58. The monoisotopic (exact) mass is 379 g/mol. The lowest BCUT2D eigenvalue weighted by Gasteiger charge is -2.16. The van der Waals surface area contributed by atoms with Crippen LogP contribution < -0.4 is 5.32 Å². The highest BCUT2D eigenvalue weighted by molar-refractivity contribution is 7.98. The summed E-state index contributed by atoms with van der Waals surface area (Å²) in [5.41, 5.74) is 2.53. The van der Waals surface area contributed by atoms with Crippen LogP contribution in [0.4, 0.5) is 5.69 Å². The van der Waals surface area contributed by atoms with E-state index in [1.165, 1.54) is 31.9 Å². The Hall–Kier alpha value is -1.90. The molecular formula is C17H21N3O3S2. The Morgan fingerprint density at radius 3 is 2.52 bits per heavy atom. The summed E-state index contributed by atoms with van der Waals surface area (Å²) in [5, 5.41) is 3.44. The maximum absolute atomic E-state index is 12.6. The van der Waals surface area contributed by atoms with Crippen molar-refractivity contribution in [2.45, 2.75) is 23.8 Å². The molecule has 0 radical (unpaired) electrons. The van der Waals surface area contributed by atoms with E-state index in [1.54, 1.807) is 24.4 Å². The Balaban J connectivity index is 2.46. The van der Waals surface area contributed by atoms with Crippen LogP contribution >= 0.6 is 11.8 Å². The molecule has 0 aliphatic rings. The Labute approximate surface area is 152 Å². The molecule has 0 aliphatic carbocycles. The molecule has 1 N–H and O–H groups in total. The lowest BCUT2D eigenvalue weighted by Crippen LogP contribution is -2.23. The van der Waals surface area contributed by atoms with Crippen LogP contribution in [0, 0.1) is 13.8 Å². The lowest BCUT2D eigenvalue weighted by atomic mass is 10.1. The molecule has 6 nitrogen and oxygen atoms in total. The number of aromatic nitrogens is 1. The van der Waals surface area contributed by atoms with Gasteiger partial charge < -0.3 is 5.32 Å². The summed E-state index contributed by atoms with van der Waals surface area (Å²) in [6.45, 7) is 3.66. The number of hydrogen-bond donors (Lipinski definition) is 1. The zero-order valence-corrected chi connectivity index (χ0v) is 16.5. The average molecular weight is 380 g/mol. The quantitative estimate of drug-likeness (QED) is 0.808. The van der Waals surface area contributed by atoms with Crippen molar-refractivity contribution in [3.8, 4) is 0 Å². The minimum atomic E-state index is -3.59. The number of aryl methyl sites for hydroxylation is 1. The van der Waals surface area contributed by atoms with E-state index in [0.717, 1.165) is 15.4 Å². The summed E-state index contributed by atoms with van der Waals surface area (Å²) >= 11 is 1.38. The first-order valence-electron chi connectivity index (χ1n) is 7.52. The first kappa shape index (κ1) is 19.4. The van der Waals surface area contributed by atoms with Gasteiger partial charge in [0.2, 0.25) is 10.0 Å². The molecule has 1 heterocycles. The van der Waals surface area contributed by atoms with Gasteiger partial charge in [-0.05, 0) is 55.5 Å². The number of rotatable bonds is 5. The molecule has 0 aliphatic heterocycles. The third kappa shape index (κ3) is 4.02. The topological polar surface area (TPSA) is 79.4 Å². The van der Waals surface area contributed by atoms with E-state index in [9.17, 15) is 13.2 Å². The summed E-state index contributed by atoms with van der Waals surface area (Å²) < 4.78 is 26.0. The van der Waals surface area contributed by atoms with Crippen LogP contribution in [0.2, 0.25) is 0 Å². The Morgan fingerprint density at radius 1 is 1.24 bits per heavy atom. The first-order chi connectivity index (χ1) is 11.7. The largest absolute Gasteiger partial charge is 0.322 e. The second kappa shape index (κ2) is 7.55. The summed E-state index contributed by atoms with van der Waals surface area (Å²) in [6.07, 6.45) is 3.47. The molecule has 0 spiro atoms. The molecule has 2 aromatic rings. The number of anilines is 1. The van der Waals surface area contributed by atoms with Crippen LogP contribution in [-0.2, 0) is 10.0 Å². The van der Waals surface area contributed by atoms with E-state index in [0.29, 0.717) is 16.3 Å². The molecule has 0 fully saturated rings. The fourth-order valence-electron chi connectivity index (χ4n) is 2.23. The summed E-state index contributed by atoms with van der Waals surface area (Å²) in [5.74, 6) is -0.320. The Bertz CT molecular complexity index is 909. The van der Waals surface area contributed by atoms with Gasteiger partial charge >= 0.3 is 0 Å². The molecule has 134 valence electrons. The van der Waals surface area contributed by atoms with Crippen molar-refractivity contribution in [1.29, 1.82) is 0 Å². The lowest BCUT2D eigenvalue weighted by molar-refractivity contribution is 0.102. The molecule has 8 heteroatoms. The maximum atomic E-state index is 12.6. The highest BCUT2D eigenvalue weighted by Gasteiger charge is 2.21. The van der Waals surface area contributed by atoms with Crippen molar-refractivity contribution >= 4 is 33.4 Å². The zero-order valence-electron chi connectivity index (χ0n) is 14.8. The van der Waals surface area contributed by atoms with E-state index in [-0.39, 0.29) is 10.8 Å². The number of carbonyl (C=O) groups is 1. The number of nitrogens with one attached hydrogen (secondary N) is 1. The molecule has 0 atom stereocenters. The molecule has 1 aromatic heterocycles. The highest BCUT2D eigenvalue weighted by atomic mass is 32.2. The molecule has 0 saturated carbocycles. The number of sulfonamides is 1. The molecule has 0 unspecified atom stereocenters. The van der Waals surface area contributed by atoms with Gasteiger partial charge in [0.1, 0.15) is 5.03 Å². The summed E-state index contributed by atoms with van der Waals surface area (Å²) in [4.78, 5) is 17.0. The molecule has 1 amide bonds. The standard InChI is InChI=1S/C17H21N3O3S2/c1-11-9-13(25(22,23)20(3)4)10-15(12(11)2)19-16(21)14-7-6-8-18-17(14)24-5/h6-10H,1-5H3,(H,19,21). The van der Waals surface area contributed by atoms with Crippen LogP contribution in [0.1, 0.15) is 21.5 Å². The summed E-state index contributed by atoms with van der Waals surface area (Å²) in [7, 11) is -0.636. The number of pyridine rings is 1. The van der Waals surface area contributed by atoms with E-state index >= 15 is 0 Å². The zero-order chi connectivity index (χ0) is 18.8. The van der Waals surface area contributed by atoms with Gasteiger partial charge in [-0.25, -0.2) is 17.7 Å². The van der Waals surface area contributed by atoms with E-state index in [1.807, 2.05) is 20.1 Å². The number of amides is 1. The maximum Gasteiger partial charge on any atom is 0.258 e. The molecule has 0 saturated heterocycles. The predicted octanol–water partition coefficient (Wildman–Crippen LogP) is 2.92. The second-order valence-electron chi connectivity index (χ2n) is 5.71. The SMILES string of the molecule is CSc1ncccc1C(=O)Nc1cc(S(=O)(=O)N(C)C)cc(C)c1C. The highest BCUT2D eigenvalue weighted by Crippen LogP contribution is 2.27. The number of hydrogen-bond acceptors (Lipinski definition) is 5. The van der Waals surface area contributed by atoms with E-state index in [2.05, 4.69) is 10.3 Å². The van der Waals surface area contributed by atoms with Gasteiger partial charge in [0, 0.05) is 26.0 Å². The van der Waals surface area contributed by atoms with Crippen molar-refractivity contribution in [1.82, 2.24) is 9.29 Å². The Morgan fingerprint density at radius 2 is 1.92 bits per heavy atom. The fraction of sp³-hybridized carbons (Fsp3) is 0.294. The van der Waals surface area contributed by atoms with Crippen molar-refractivity contribution in [3.63, 3.8) is 0 Å². The molecule has 2 rings (SSSR count). The third-order valence-corrected chi connectivity index (χ3v) is 6.38. The minimum Gasteiger partial charge on any atom is -0.322 e. The molecule has 1 aromatic carbocycles. The van der Waals surface area contributed by atoms with E-state index in [4.69, 9.17) is 0 Å². The van der Waals surface area contributed by atoms with Crippen molar-refractivity contribution < 1.29 is 13.2 Å².